The molecule has 0 radical (unpaired) electrons. The number of nitrogens with one attached hydrogen (secondary N) is 2. The fourth-order valence-electron chi connectivity index (χ4n) is 4.19. The molecule has 2 aromatic carbocycles. The molecular formula is C27H26ClF3N4O3. The van der Waals surface area contributed by atoms with E-state index in [0.29, 0.717) is 36.5 Å². The van der Waals surface area contributed by atoms with Crippen LogP contribution < -0.4 is 10.6 Å². The van der Waals surface area contributed by atoms with E-state index in [4.69, 9.17) is 16.3 Å². The van der Waals surface area contributed by atoms with Crippen molar-refractivity contribution in [3.63, 3.8) is 0 Å². The molecule has 11 heteroatoms. The summed E-state index contributed by atoms with van der Waals surface area (Å²) >= 11 is 5.74. The van der Waals surface area contributed by atoms with Gasteiger partial charge in [-0.3, -0.25) is 9.59 Å². The number of carbonyl (C=O) groups is 2. The van der Waals surface area contributed by atoms with Gasteiger partial charge in [0.05, 0.1) is 28.8 Å². The number of nitrogens with zero attached hydrogens (tertiary/aromatic N) is 2. The number of halogens is 4. The van der Waals surface area contributed by atoms with E-state index in [1.54, 1.807) is 24.3 Å². The number of aromatic nitrogens is 2. The zero-order valence-corrected chi connectivity index (χ0v) is 21.3. The lowest BCUT2D eigenvalue weighted by molar-refractivity contribution is -0.137. The number of amides is 1. The number of ether oxygens (including phenoxy) is 1. The first-order valence-electron chi connectivity index (χ1n) is 12.0. The molecule has 0 bridgehead atoms. The molecule has 1 saturated heterocycles. The number of benzene rings is 2. The van der Waals surface area contributed by atoms with E-state index in [9.17, 15) is 22.8 Å². The Hall–Kier alpha value is -3.50. The summed E-state index contributed by atoms with van der Waals surface area (Å²) in [6, 6.07) is 10.1. The Labute approximate surface area is 222 Å². The van der Waals surface area contributed by atoms with Crippen LogP contribution in [-0.2, 0) is 28.7 Å². The Kier molecular flexibility index (Phi) is 8.32. The molecule has 3 aromatic rings. The van der Waals surface area contributed by atoms with Crippen LogP contribution in [0.15, 0.2) is 54.9 Å². The molecular weight excluding hydrogens is 521 g/mol. The maximum Gasteiger partial charge on any atom is 0.418 e. The average molecular weight is 547 g/mol. The Morgan fingerprint density at radius 3 is 2.42 bits per heavy atom. The summed E-state index contributed by atoms with van der Waals surface area (Å²) in [5, 5.41) is 5.63. The van der Waals surface area contributed by atoms with Crippen molar-refractivity contribution in [3.05, 3.63) is 82.4 Å². The predicted molar refractivity (Wildman–Crippen MR) is 136 cm³/mol. The van der Waals surface area contributed by atoms with Crippen LogP contribution in [0.2, 0.25) is 5.02 Å². The highest BCUT2D eigenvalue weighted by molar-refractivity contribution is 6.30. The number of alkyl halides is 3. The summed E-state index contributed by atoms with van der Waals surface area (Å²) < 4.78 is 45.6. The fourth-order valence-corrected chi connectivity index (χ4v) is 4.36. The van der Waals surface area contributed by atoms with Crippen molar-refractivity contribution in [2.75, 3.05) is 18.5 Å². The van der Waals surface area contributed by atoms with Gasteiger partial charge >= 0.3 is 6.18 Å². The molecule has 7 nitrogen and oxygen atoms in total. The Bertz CT molecular complexity index is 1290. The normalized spacial score (nSPS) is 17.3. The third-order valence-electron chi connectivity index (χ3n) is 6.40. The highest BCUT2D eigenvalue weighted by atomic mass is 35.5. The molecule has 1 aliphatic rings. The number of rotatable bonds is 9. The molecule has 0 spiro atoms. The van der Waals surface area contributed by atoms with Crippen molar-refractivity contribution < 1.29 is 27.5 Å². The molecule has 1 amide bonds. The summed E-state index contributed by atoms with van der Waals surface area (Å²) in [7, 11) is 0. The van der Waals surface area contributed by atoms with Gasteiger partial charge in [-0.25, -0.2) is 9.97 Å². The van der Waals surface area contributed by atoms with E-state index in [0.717, 1.165) is 11.6 Å². The largest absolute Gasteiger partial charge is 0.418 e. The molecule has 2 N–H and O–H groups in total. The van der Waals surface area contributed by atoms with Crippen molar-refractivity contribution in [2.45, 2.75) is 38.9 Å². The number of aryl methyl sites for hydroxylation is 1. The van der Waals surface area contributed by atoms with Crippen LogP contribution in [0.1, 0.15) is 47.1 Å². The topological polar surface area (TPSA) is 93.2 Å². The second-order valence-electron chi connectivity index (χ2n) is 9.12. The lowest BCUT2D eigenvalue weighted by Gasteiger charge is -2.25. The van der Waals surface area contributed by atoms with E-state index < -0.39 is 17.2 Å². The van der Waals surface area contributed by atoms with Gasteiger partial charge in [0.15, 0.2) is 5.78 Å². The van der Waals surface area contributed by atoms with Crippen LogP contribution in [-0.4, -0.2) is 34.9 Å². The first kappa shape index (κ1) is 27.5. The van der Waals surface area contributed by atoms with Gasteiger partial charge in [0, 0.05) is 49.1 Å². The molecule has 1 aliphatic heterocycles. The van der Waals surface area contributed by atoms with Crippen molar-refractivity contribution >= 4 is 34.7 Å². The van der Waals surface area contributed by atoms with E-state index in [-0.39, 0.29) is 42.0 Å². The highest BCUT2D eigenvalue weighted by Crippen LogP contribution is 2.38. The van der Waals surface area contributed by atoms with Crippen molar-refractivity contribution in [1.29, 1.82) is 0 Å². The van der Waals surface area contributed by atoms with Crippen LogP contribution in [0.3, 0.4) is 0 Å². The summed E-state index contributed by atoms with van der Waals surface area (Å²) in [6.45, 7) is 2.60. The van der Waals surface area contributed by atoms with Gasteiger partial charge in [0.25, 0.3) is 0 Å². The smallest absolute Gasteiger partial charge is 0.380 e. The van der Waals surface area contributed by atoms with Crippen LogP contribution in [0, 0.1) is 5.41 Å². The molecule has 200 valence electrons. The summed E-state index contributed by atoms with van der Waals surface area (Å²) in [6.07, 6.45) is -0.574. The third-order valence-corrected chi connectivity index (χ3v) is 6.64. The van der Waals surface area contributed by atoms with Gasteiger partial charge in [-0.05, 0) is 42.3 Å². The first-order valence-corrected chi connectivity index (χ1v) is 12.4. The second kappa shape index (κ2) is 11.5. The van der Waals surface area contributed by atoms with Gasteiger partial charge < -0.3 is 15.4 Å². The number of hydrogen-bond acceptors (Lipinski definition) is 6. The maximum atomic E-state index is 13.4. The zero-order valence-electron chi connectivity index (χ0n) is 20.6. The molecule has 0 aliphatic carbocycles. The molecule has 1 aromatic heterocycles. The van der Waals surface area contributed by atoms with Crippen LogP contribution in [0.25, 0.3) is 0 Å². The lowest BCUT2D eigenvalue weighted by atomic mass is 9.80. The third kappa shape index (κ3) is 6.49. The molecule has 38 heavy (non-hydrogen) atoms. The molecule has 2 heterocycles. The van der Waals surface area contributed by atoms with Crippen molar-refractivity contribution in [3.8, 4) is 0 Å². The van der Waals surface area contributed by atoms with E-state index in [1.165, 1.54) is 24.5 Å². The minimum atomic E-state index is -4.56. The molecule has 0 unspecified atom stereocenters. The number of ketones is 1. The predicted octanol–water partition coefficient (Wildman–Crippen LogP) is 5.75. The van der Waals surface area contributed by atoms with Gasteiger partial charge in [-0.15, -0.1) is 0 Å². The van der Waals surface area contributed by atoms with E-state index in [1.807, 2.05) is 6.92 Å². The molecule has 0 saturated carbocycles. The molecule has 1 atom stereocenters. The second-order valence-corrected chi connectivity index (χ2v) is 9.55. The Balaban J connectivity index is 1.39. The zero-order chi connectivity index (χ0) is 27.3. The number of anilines is 2. The van der Waals surface area contributed by atoms with E-state index in [2.05, 4.69) is 20.6 Å². The lowest BCUT2D eigenvalue weighted by Crippen LogP contribution is -2.42. The van der Waals surface area contributed by atoms with E-state index >= 15 is 0 Å². The van der Waals surface area contributed by atoms with Crippen LogP contribution >= 0.6 is 11.6 Å². The summed E-state index contributed by atoms with van der Waals surface area (Å²) in [5.41, 5.74) is -0.461. The van der Waals surface area contributed by atoms with Gasteiger partial charge in [0.1, 0.15) is 5.82 Å². The number of carbonyl (C=O) groups excluding carboxylic acids is 2. The quantitative estimate of drug-likeness (QED) is 0.332. The monoisotopic (exact) mass is 546 g/mol. The van der Waals surface area contributed by atoms with Crippen molar-refractivity contribution in [1.82, 2.24) is 15.3 Å². The van der Waals surface area contributed by atoms with Crippen LogP contribution in [0.5, 0.6) is 0 Å². The molecule has 4 rings (SSSR count). The Morgan fingerprint density at radius 1 is 1.11 bits per heavy atom. The fraction of sp³-hybridized carbons (Fsp3) is 0.333. The summed E-state index contributed by atoms with van der Waals surface area (Å²) in [4.78, 5) is 34.4. The molecule has 1 fully saturated rings. The highest BCUT2D eigenvalue weighted by Gasteiger charge is 2.44. The Morgan fingerprint density at radius 2 is 1.82 bits per heavy atom. The summed E-state index contributed by atoms with van der Waals surface area (Å²) in [5.74, 6) is 0.102. The minimum Gasteiger partial charge on any atom is -0.380 e. The van der Waals surface area contributed by atoms with Gasteiger partial charge in [0.2, 0.25) is 5.91 Å². The number of Topliss-reactive ketones (excluding diaryl/α,β-unsaturated/α-hetero) is 1. The average Bonchev–Trinajstić information content (AvgIpc) is 3.38. The SMILES string of the molecule is CCc1ncc(C(=O)C[C@@]2(C(=O)NCc3ccc(Nc4ccc(Cl)cc4C(F)(F)F)cc3)CCOC2)cn1. The number of hydrogen-bond donors (Lipinski definition) is 2. The van der Waals surface area contributed by atoms with Crippen molar-refractivity contribution in [2.24, 2.45) is 5.41 Å². The maximum absolute atomic E-state index is 13.4. The van der Waals surface area contributed by atoms with Gasteiger partial charge in [-0.1, -0.05) is 30.7 Å². The van der Waals surface area contributed by atoms with Crippen LogP contribution in [0.4, 0.5) is 24.5 Å². The minimum absolute atomic E-state index is 0.0103. The van der Waals surface area contributed by atoms with Gasteiger partial charge in [-0.2, -0.15) is 13.2 Å². The standard InChI is InChI=1S/C27H26ClF3N4O3/c1-2-24-32-14-18(15-33-24)23(36)12-26(9-10-38-16-26)25(37)34-13-17-3-6-20(7-4-17)35-22-8-5-19(28)11-21(22)27(29,30)31/h3-8,11,14-15,35H,2,9-10,12-13,16H2,1H3,(H,34,37)/t26-/m0/s1. The first-order chi connectivity index (χ1) is 18.1.